The summed E-state index contributed by atoms with van der Waals surface area (Å²) in [5, 5.41) is 8.39. The summed E-state index contributed by atoms with van der Waals surface area (Å²) in [7, 11) is 1.74. The first kappa shape index (κ1) is 15.9. The number of hydrogen-bond donors (Lipinski definition) is 0. The summed E-state index contributed by atoms with van der Waals surface area (Å²) < 4.78 is 6.04. The van der Waals surface area contributed by atoms with E-state index in [0.717, 1.165) is 5.69 Å². The van der Waals surface area contributed by atoms with Crippen molar-refractivity contribution in [2.45, 2.75) is 46.3 Å². The molecule has 0 aromatic carbocycles. The molecule has 1 unspecified atom stereocenters. The maximum atomic E-state index is 12.2. The Morgan fingerprint density at radius 1 is 1.47 bits per heavy atom. The number of amides is 1. The second kappa shape index (κ2) is 5.90. The van der Waals surface area contributed by atoms with Gasteiger partial charge in [0.05, 0.1) is 6.04 Å². The Hall–Kier alpha value is -1.11. The summed E-state index contributed by atoms with van der Waals surface area (Å²) in [6, 6.07) is -0.206. The number of nitrogens with zero attached hydrogens (tertiary/aromatic N) is 4. The Kier molecular flexibility index (Phi) is 4.95. The fourth-order valence-electron chi connectivity index (χ4n) is 1.68. The van der Waals surface area contributed by atoms with E-state index < -0.39 is 5.60 Å². The average Bonchev–Trinajstić information content (AvgIpc) is 2.55. The van der Waals surface area contributed by atoms with E-state index in [1.807, 2.05) is 34.6 Å². The largest absolute Gasteiger partial charge is 0.444 e. The normalized spacial score (nSPS) is 13.2. The first-order valence-electron chi connectivity index (χ1n) is 6.22. The predicted octanol–water partition coefficient (Wildman–Crippen LogP) is 2.90. The molecule has 0 aliphatic carbocycles. The van der Waals surface area contributed by atoms with Crippen molar-refractivity contribution in [2.75, 3.05) is 6.54 Å². The van der Waals surface area contributed by atoms with Crippen LogP contribution in [0.3, 0.4) is 0 Å². The lowest BCUT2D eigenvalue weighted by molar-refractivity contribution is 0.0181. The number of hydrogen-bond acceptors (Lipinski definition) is 4. The zero-order valence-electron chi connectivity index (χ0n) is 12.3. The Balaban J connectivity index is 2.91. The molecule has 1 rings (SSSR count). The molecule has 0 aliphatic heterocycles. The molecule has 1 atom stereocenters. The lowest BCUT2D eigenvalue weighted by atomic mass is 10.2. The highest BCUT2D eigenvalue weighted by atomic mass is 79.9. The number of aryl methyl sites for hydroxylation is 1. The Morgan fingerprint density at radius 3 is 2.42 bits per heavy atom. The van der Waals surface area contributed by atoms with Gasteiger partial charge in [0.25, 0.3) is 0 Å². The minimum Gasteiger partial charge on any atom is -0.444 e. The van der Waals surface area contributed by atoms with Gasteiger partial charge in [-0.15, -0.1) is 5.10 Å². The third-order valence-electron chi connectivity index (χ3n) is 2.53. The molecule has 1 aromatic rings. The maximum Gasteiger partial charge on any atom is 0.410 e. The van der Waals surface area contributed by atoms with Crippen LogP contribution in [0.25, 0.3) is 0 Å². The summed E-state index contributed by atoms with van der Waals surface area (Å²) in [5.41, 5.74) is 0.208. The van der Waals surface area contributed by atoms with Crippen LogP contribution in [0.5, 0.6) is 0 Å². The molecule has 0 saturated heterocycles. The van der Waals surface area contributed by atoms with Crippen molar-refractivity contribution in [3.05, 3.63) is 10.3 Å². The van der Waals surface area contributed by atoms with Crippen LogP contribution in [-0.2, 0) is 11.8 Å². The van der Waals surface area contributed by atoms with Gasteiger partial charge in [0.15, 0.2) is 4.60 Å². The number of ether oxygens (including phenoxy) is 1. The zero-order valence-corrected chi connectivity index (χ0v) is 13.9. The van der Waals surface area contributed by atoms with Gasteiger partial charge in [-0.2, -0.15) is 9.90 Å². The summed E-state index contributed by atoms with van der Waals surface area (Å²) in [4.78, 5) is 15.3. The third-order valence-corrected chi connectivity index (χ3v) is 3.09. The molecule has 1 amide bonds. The van der Waals surface area contributed by atoms with Crippen molar-refractivity contribution in [3.8, 4) is 0 Å². The topological polar surface area (TPSA) is 60.3 Å². The van der Waals surface area contributed by atoms with Gasteiger partial charge in [-0.05, 0) is 50.5 Å². The van der Waals surface area contributed by atoms with E-state index in [9.17, 15) is 4.79 Å². The van der Waals surface area contributed by atoms with Crippen molar-refractivity contribution in [2.24, 2.45) is 7.05 Å². The fraction of sp³-hybridized carbons (Fsp3) is 0.750. The predicted molar refractivity (Wildman–Crippen MR) is 75.7 cm³/mol. The third kappa shape index (κ3) is 4.19. The molecule has 0 aliphatic rings. The van der Waals surface area contributed by atoms with E-state index in [1.54, 1.807) is 11.9 Å². The van der Waals surface area contributed by atoms with E-state index >= 15 is 0 Å². The van der Waals surface area contributed by atoms with Crippen molar-refractivity contribution in [1.29, 1.82) is 0 Å². The number of aromatic nitrogens is 3. The second-order valence-electron chi connectivity index (χ2n) is 5.31. The van der Waals surface area contributed by atoms with Crippen LogP contribution in [-0.4, -0.2) is 38.1 Å². The van der Waals surface area contributed by atoms with Crippen LogP contribution in [0, 0.1) is 0 Å². The molecule has 0 spiro atoms. The number of carbonyl (C=O) groups excluding carboxylic acids is 1. The van der Waals surface area contributed by atoms with Crippen molar-refractivity contribution in [3.63, 3.8) is 0 Å². The highest BCUT2D eigenvalue weighted by molar-refractivity contribution is 9.10. The second-order valence-corrected chi connectivity index (χ2v) is 6.06. The summed E-state index contributed by atoms with van der Waals surface area (Å²) in [6.45, 7) is 9.90. The van der Waals surface area contributed by atoms with Gasteiger partial charge < -0.3 is 4.74 Å². The van der Waals surface area contributed by atoms with Gasteiger partial charge in [0.2, 0.25) is 0 Å². The van der Waals surface area contributed by atoms with Crippen LogP contribution in [0.4, 0.5) is 4.79 Å². The van der Waals surface area contributed by atoms with Gasteiger partial charge >= 0.3 is 6.09 Å². The Labute approximate surface area is 122 Å². The number of carbonyl (C=O) groups is 1. The summed E-state index contributed by atoms with van der Waals surface area (Å²) in [5.74, 6) is 0. The molecule has 0 fully saturated rings. The van der Waals surface area contributed by atoms with Crippen LogP contribution >= 0.6 is 15.9 Å². The lowest BCUT2D eigenvalue weighted by Gasteiger charge is -2.30. The van der Waals surface area contributed by atoms with Gasteiger partial charge in [0.1, 0.15) is 11.3 Å². The van der Waals surface area contributed by atoms with Gasteiger partial charge in [-0.25, -0.2) is 4.79 Å². The van der Waals surface area contributed by atoms with E-state index in [-0.39, 0.29) is 12.1 Å². The van der Waals surface area contributed by atoms with Gasteiger partial charge in [-0.3, -0.25) is 4.90 Å². The molecule has 0 saturated carbocycles. The summed E-state index contributed by atoms with van der Waals surface area (Å²) >= 11 is 3.35. The number of halogens is 1. The van der Waals surface area contributed by atoms with E-state index in [0.29, 0.717) is 11.1 Å². The molecular formula is C12H21BrN4O2. The molecule has 0 bridgehead atoms. The van der Waals surface area contributed by atoms with Crippen LogP contribution in [0.2, 0.25) is 0 Å². The quantitative estimate of drug-likeness (QED) is 0.853. The highest BCUT2D eigenvalue weighted by Gasteiger charge is 2.28. The Bertz CT molecular complexity index is 453. The first-order chi connectivity index (χ1) is 8.65. The molecule has 19 heavy (non-hydrogen) atoms. The fourth-order valence-corrected chi connectivity index (χ4v) is 2.32. The summed E-state index contributed by atoms with van der Waals surface area (Å²) in [6.07, 6.45) is -0.347. The molecule has 6 nitrogen and oxygen atoms in total. The molecule has 0 N–H and O–H groups in total. The average molecular weight is 333 g/mol. The van der Waals surface area contributed by atoms with Crippen LogP contribution in [0.1, 0.15) is 46.4 Å². The molecule has 7 heteroatoms. The maximum absolute atomic E-state index is 12.2. The van der Waals surface area contributed by atoms with Crippen molar-refractivity contribution < 1.29 is 9.53 Å². The van der Waals surface area contributed by atoms with E-state index in [1.165, 1.54) is 4.80 Å². The molecular weight excluding hydrogens is 312 g/mol. The molecule has 1 aromatic heterocycles. The van der Waals surface area contributed by atoms with Gasteiger partial charge in [0, 0.05) is 13.6 Å². The Morgan fingerprint density at radius 2 is 2.05 bits per heavy atom. The van der Waals surface area contributed by atoms with Crippen molar-refractivity contribution >= 4 is 22.0 Å². The molecule has 0 radical (unpaired) electrons. The van der Waals surface area contributed by atoms with Gasteiger partial charge in [-0.1, -0.05) is 0 Å². The first-order valence-corrected chi connectivity index (χ1v) is 7.01. The standard InChI is InChI=1S/C12H21BrN4O2/c1-7-17(11(18)19-12(3,4)5)8(2)9-10(13)15-16(6)14-9/h8H,7H2,1-6H3. The smallest absolute Gasteiger partial charge is 0.410 e. The number of rotatable bonds is 3. The monoisotopic (exact) mass is 332 g/mol. The van der Waals surface area contributed by atoms with Crippen molar-refractivity contribution in [1.82, 2.24) is 19.9 Å². The molecule has 108 valence electrons. The van der Waals surface area contributed by atoms with E-state index in [2.05, 4.69) is 26.1 Å². The highest BCUT2D eigenvalue weighted by Crippen LogP contribution is 2.25. The SMILES string of the molecule is CCN(C(=O)OC(C)(C)C)C(C)c1nn(C)nc1Br. The lowest BCUT2D eigenvalue weighted by Crippen LogP contribution is -2.38. The molecule has 1 heterocycles. The van der Waals surface area contributed by atoms with Crippen LogP contribution < -0.4 is 0 Å². The minimum absolute atomic E-state index is 0.206. The zero-order chi connectivity index (χ0) is 14.8. The van der Waals surface area contributed by atoms with Crippen LogP contribution in [0.15, 0.2) is 4.60 Å². The minimum atomic E-state index is -0.510. The van der Waals surface area contributed by atoms with E-state index in [4.69, 9.17) is 4.74 Å².